The first-order valence-electron chi connectivity index (χ1n) is 5.78. The summed E-state index contributed by atoms with van der Waals surface area (Å²) >= 11 is 0. The second kappa shape index (κ2) is 4.69. The second-order valence-corrected chi connectivity index (χ2v) is 4.05. The summed E-state index contributed by atoms with van der Waals surface area (Å²) in [6.45, 7) is 2.53. The highest BCUT2D eigenvalue weighted by molar-refractivity contribution is 5.42. The quantitative estimate of drug-likeness (QED) is 0.909. The first kappa shape index (κ1) is 13.6. The summed E-state index contributed by atoms with van der Waals surface area (Å²) in [5.41, 5.74) is 4.52. The summed E-state index contributed by atoms with van der Waals surface area (Å²) < 4.78 is 40.3. The topological polar surface area (TPSA) is 65.3 Å². The Morgan fingerprint density at radius 2 is 2.05 bits per heavy atom. The van der Waals surface area contributed by atoms with Crippen molar-refractivity contribution < 1.29 is 13.2 Å². The molecule has 2 aromatic rings. The predicted molar refractivity (Wildman–Crippen MR) is 62.9 cm³/mol. The largest absolute Gasteiger partial charge is 0.435 e. The van der Waals surface area contributed by atoms with Gasteiger partial charge in [0.15, 0.2) is 5.69 Å². The molecule has 0 bridgehead atoms. The van der Waals surface area contributed by atoms with E-state index in [2.05, 4.69) is 5.10 Å². The summed E-state index contributed by atoms with van der Waals surface area (Å²) in [5, 5.41) is 3.32. The van der Waals surface area contributed by atoms with Gasteiger partial charge in [-0.05, 0) is 13.5 Å². The van der Waals surface area contributed by atoms with E-state index in [1.165, 1.54) is 6.07 Å². The van der Waals surface area contributed by atoms with Crippen LogP contribution in [-0.2, 0) is 19.1 Å². The first-order valence-corrected chi connectivity index (χ1v) is 5.78. The van der Waals surface area contributed by atoms with Crippen molar-refractivity contribution in [2.45, 2.75) is 26.1 Å². The molecule has 5 nitrogen and oxygen atoms in total. The number of hydrogen-bond acceptors (Lipinski definition) is 3. The van der Waals surface area contributed by atoms with Gasteiger partial charge in [0.1, 0.15) is 5.65 Å². The third-order valence-electron chi connectivity index (χ3n) is 2.82. The van der Waals surface area contributed by atoms with Crippen LogP contribution in [0.3, 0.4) is 0 Å². The second-order valence-electron chi connectivity index (χ2n) is 4.05. The SMILES string of the molecule is CCn1c(CCN)cc(=O)n2nc(C(F)(F)F)cc12. The number of nitrogens with two attached hydrogens (primary N) is 1. The number of rotatable bonds is 3. The van der Waals surface area contributed by atoms with Crippen LogP contribution >= 0.6 is 0 Å². The smallest absolute Gasteiger partial charge is 0.330 e. The molecule has 19 heavy (non-hydrogen) atoms. The minimum absolute atomic E-state index is 0.130. The minimum atomic E-state index is -4.57. The van der Waals surface area contributed by atoms with Gasteiger partial charge in [-0.1, -0.05) is 0 Å². The molecule has 2 aromatic heterocycles. The third kappa shape index (κ3) is 2.35. The van der Waals surface area contributed by atoms with Crippen LogP contribution in [0.2, 0.25) is 0 Å². The highest BCUT2D eigenvalue weighted by Crippen LogP contribution is 2.28. The molecule has 0 unspecified atom stereocenters. The Balaban J connectivity index is 2.76. The third-order valence-corrected chi connectivity index (χ3v) is 2.82. The fourth-order valence-electron chi connectivity index (χ4n) is 2.01. The van der Waals surface area contributed by atoms with Crippen LogP contribution in [0.25, 0.3) is 5.65 Å². The van der Waals surface area contributed by atoms with Crippen molar-refractivity contribution in [1.82, 2.24) is 14.2 Å². The van der Waals surface area contributed by atoms with Gasteiger partial charge in [0.2, 0.25) is 0 Å². The monoisotopic (exact) mass is 274 g/mol. The number of halogens is 3. The highest BCUT2D eigenvalue weighted by atomic mass is 19.4. The molecule has 2 N–H and O–H groups in total. The number of aromatic nitrogens is 3. The Morgan fingerprint density at radius 1 is 1.37 bits per heavy atom. The number of nitrogens with zero attached hydrogens (tertiary/aromatic N) is 3. The van der Waals surface area contributed by atoms with E-state index in [0.717, 1.165) is 10.6 Å². The van der Waals surface area contributed by atoms with Crippen LogP contribution < -0.4 is 11.3 Å². The molecule has 2 rings (SSSR count). The molecule has 0 fully saturated rings. The maximum Gasteiger partial charge on any atom is 0.435 e. The maximum atomic E-state index is 12.6. The zero-order chi connectivity index (χ0) is 14.2. The van der Waals surface area contributed by atoms with Crippen LogP contribution in [0.4, 0.5) is 13.2 Å². The molecule has 0 aliphatic carbocycles. The minimum Gasteiger partial charge on any atom is -0.330 e. The maximum absolute atomic E-state index is 12.6. The predicted octanol–water partition coefficient (Wildman–Crippen LogP) is 1.04. The van der Waals surface area contributed by atoms with Crippen molar-refractivity contribution in [3.05, 3.63) is 33.9 Å². The molecule has 0 radical (unpaired) electrons. The Hall–Kier alpha value is -1.83. The highest BCUT2D eigenvalue weighted by Gasteiger charge is 2.34. The van der Waals surface area contributed by atoms with Gasteiger partial charge in [-0.25, -0.2) is 0 Å². The van der Waals surface area contributed by atoms with Crippen LogP contribution in [0.5, 0.6) is 0 Å². The van der Waals surface area contributed by atoms with E-state index in [1.807, 2.05) is 0 Å². The Morgan fingerprint density at radius 3 is 2.58 bits per heavy atom. The normalized spacial score (nSPS) is 12.3. The lowest BCUT2D eigenvalue weighted by molar-refractivity contribution is -0.141. The lowest BCUT2D eigenvalue weighted by atomic mass is 10.3. The van der Waals surface area contributed by atoms with Gasteiger partial charge >= 0.3 is 6.18 Å². The van der Waals surface area contributed by atoms with Crippen LogP contribution in [0.1, 0.15) is 18.3 Å². The van der Waals surface area contributed by atoms with E-state index >= 15 is 0 Å². The fraction of sp³-hybridized carbons (Fsp3) is 0.455. The van der Waals surface area contributed by atoms with Gasteiger partial charge in [-0.3, -0.25) is 4.79 Å². The van der Waals surface area contributed by atoms with E-state index in [9.17, 15) is 18.0 Å². The van der Waals surface area contributed by atoms with Crippen LogP contribution in [0, 0.1) is 0 Å². The Labute approximate surface area is 106 Å². The van der Waals surface area contributed by atoms with E-state index in [4.69, 9.17) is 5.73 Å². The molecule has 0 spiro atoms. The number of fused-ring (bicyclic) bond motifs is 1. The average molecular weight is 274 g/mol. The molecule has 104 valence electrons. The van der Waals surface area contributed by atoms with Crippen molar-refractivity contribution in [2.75, 3.05) is 6.54 Å². The molecule has 8 heteroatoms. The van der Waals surface area contributed by atoms with Gasteiger partial charge in [0, 0.05) is 30.8 Å². The Bertz CT molecular complexity index is 656. The van der Waals surface area contributed by atoms with Crippen LogP contribution in [-0.4, -0.2) is 20.7 Å². The zero-order valence-corrected chi connectivity index (χ0v) is 10.2. The van der Waals surface area contributed by atoms with E-state index in [0.29, 0.717) is 25.2 Å². The lowest BCUT2D eigenvalue weighted by Gasteiger charge is -2.11. The van der Waals surface area contributed by atoms with Crippen molar-refractivity contribution >= 4 is 5.65 Å². The van der Waals surface area contributed by atoms with E-state index in [1.54, 1.807) is 11.5 Å². The molecule has 0 atom stereocenters. The molecular weight excluding hydrogens is 261 g/mol. The van der Waals surface area contributed by atoms with Crippen molar-refractivity contribution in [1.29, 1.82) is 0 Å². The summed E-state index contributed by atoms with van der Waals surface area (Å²) in [5.74, 6) is 0. The molecule has 0 saturated carbocycles. The average Bonchev–Trinajstić information content (AvgIpc) is 2.75. The molecule has 0 amide bonds. The molecular formula is C11H13F3N4O. The summed E-state index contributed by atoms with van der Waals surface area (Å²) in [6.07, 6.45) is -4.15. The zero-order valence-electron chi connectivity index (χ0n) is 10.2. The van der Waals surface area contributed by atoms with E-state index in [-0.39, 0.29) is 5.65 Å². The van der Waals surface area contributed by atoms with Crippen LogP contribution in [0.15, 0.2) is 16.9 Å². The molecule has 2 heterocycles. The van der Waals surface area contributed by atoms with Crippen molar-refractivity contribution in [3.63, 3.8) is 0 Å². The van der Waals surface area contributed by atoms with Gasteiger partial charge in [-0.2, -0.15) is 22.8 Å². The molecule has 0 aliphatic rings. The Kier molecular flexibility index (Phi) is 3.36. The van der Waals surface area contributed by atoms with Gasteiger partial charge in [-0.15, -0.1) is 0 Å². The molecule has 0 saturated heterocycles. The number of aryl methyl sites for hydroxylation is 1. The standard InChI is InChI=1S/C11H13F3N4O/c1-2-17-7(3-4-15)5-10(19)18-9(17)6-8(16-18)11(12,13)14/h5-6H,2-4,15H2,1H3. The summed E-state index contributed by atoms with van der Waals surface area (Å²) in [4.78, 5) is 11.8. The lowest BCUT2D eigenvalue weighted by Crippen LogP contribution is -2.22. The first-order chi connectivity index (χ1) is 8.88. The van der Waals surface area contributed by atoms with E-state index < -0.39 is 17.4 Å². The van der Waals surface area contributed by atoms with Gasteiger partial charge in [0.25, 0.3) is 5.56 Å². The number of alkyl halides is 3. The summed E-state index contributed by atoms with van der Waals surface area (Å²) in [7, 11) is 0. The van der Waals surface area contributed by atoms with Gasteiger partial charge < -0.3 is 10.3 Å². The molecule has 0 aliphatic heterocycles. The number of hydrogen-bond donors (Lipinski definition) is 1. The summed E-state index contributed by atoms with van der Waals surface area (Å²) in [6, 6.07) is 2.15. The van der Waals surface area contributed by atoms with Crippen molar-refractivity contribution in [3.8, 4) is 0 Å². The fourth-order valence-corrected chi connectivity index (χ4v) is 2.01. The van der Waals surface area contributed by atoms with Gasteiger partial charge in [0.05, 0.1) is 0 Å². The van der Waals surface area contributed by atoms with Crippen molar-refractivity contribution in [2.24, 2.45) is 5.73 Å². The molecule has 0 aromatic carbocycles.